The van der Waals surface area contributed by atoms with Gasteiger partial charge in [0.25, 0.3) is 5.91 Å². The Hall–Kier alpha value is -2.03. The first-order valence-corrected chi connectivity index (χ1v) is 7.15. The molecule has 1 aromatic carbocycles. The number of ether oxygens (including phenoxy) is 1. The summed E-state index contributed by atoms with van der Waals surface area (Å²) in [5, 5.41) is 2.72. The lowest BCUT2D eigenvalue weighted by Crippen LogP contribution is -2.22. The van der Waals surface area contributed by atoms with E-state index in [4.69, 9.17) is 10.2 Å². The summed E-state index contributed by atoms with van der Waals surface area (Å²) in [6.45, 7) is -0.903. The summed E-state index contributed by atoms with van der Waals surface area (Å²) in [4.78, 5) is 11.9. The second-order valence-corrected chi connectivity index (χ2v) is 5.11. The molecular weight excluding hydrogens is 361 g/mol. The second-order valence-electron chi connectivity index (χ2n) is 5.11. The highest BCUT2D eigenvalue weighted by Crippen LogP contribution is 2.16. The van der Waals surface area contributed by atoms with E-state index in [-0.39, 0.29) is 38.0 Å². The quantitative estimate of drug-likeness (QED) is 0.775. The summed E-state index contributed by atoms with van der Waals surface area (Å²) in [7, 11) is 0. The number of carbonyl (C=O) groups excluding carboxylic acids is 1. The molecule has 0 bridgehead atoms. The molecule has 25 heavy (non-hydrogen) atoms. The summed E-state index contributed by atoms with van der Waals surface area (Å²) in [5.74, 6) is 0.222. The molecule has 2 rings (SSSR count). The number of nitrogens with one attached hydrogen (secondary N) is 1. The number of carbonyl (C=O) groups is 1. The molecule has 1 aromatic heterocycles. The fourth-order valence-electron chi connectivity index (χ4n) is 1.93. The Kier molecular flexibility index (Phi) is 7.95. The number of amides is 1. The van der Waals surface area contributed by atoms with Gasteiger partial charge in [0.05, 0.1) is 18.7 Å². The molecule has 2 aromatic rings. The van der Waals surface area contributed by atoms with Crippen molar-refractivity contribution in [3.63, 3.8) is 0 Å². The van der Waals surface area contributed by atoms with Crippen molar-refractivity contribution in [3.8, 4) is 0 Å². The van der Waals surface area contributed by atoms with Gasteiger partial charge in [-0.2, -0.15) is 13.2 Å². The molecule has 5 nitrogen and oxygen atoms in total. The SMILES string of the molecule is Cl.NCc1cc(C(=O)NCc2ccc(COCC(F)(F)F)cc2)co1. The monoisotopic (exact) mass is 378 g/mol. The van der Waals surface area contributed by atoms with Crippen molar-refractivity contribution in [3.05, 3.63) is 59.0 Å². The van der Waals surface area contributed by atoms with Crippen LogP contribution in [-0.4, -0.2) is 18.7 Å². The third kappa shape index (κ3) is 7.16. The Morgan fingerprint density at radius 3 is 2.40 bits per heavy atom. The molecule has 0 spiro atoms. The Labute approximate surface area is 148 Å². The number of halogens is 4. The Balaban J connectivity index is 0.00000312. The zero-order valence-electron chi connectivity index (χ0n) is 13.1. The molecule has 0 atom stereocenters. The highest BCUT2D eigenvalue weighted by molar-refractivity contribution is 5.93. The Morgan fingerprint density at radius 1 is 1.20 bits per heavy atom. The van der Waals surface area contributed by atoms with E-state index in [9.17, 15) is 18.0 Å². The number of nitrogens with two attached hydrogens (primary N) is 1. The van der Waals surface area contributed by atoms with Crippen LogP contribution in [0.25, 0.3) is 0 Å². The standard InChI is InChI=1S/C16H17F3N2O3.ClH/c17-16(18,19)10-23-8-12-3-1-11(2-4-12)7-21-15(22)13-5-14(6-20)24-9-13;/h1-5,9H,6-8,10,20H2,(H,21,22);1H. The average Bonchev–Trinajstić information content (AvgIpc) is 3.02. The van der Waals surface area contributed by atoms with Gasteiger partial charge in [0, 0.05) is 6.54 Å². The van der Waals surface area contributed by atoms with E-state index in [0.29, 0.717) is 16.9 Å². The lowest BCUT2D eigenvalue weighted by atomic mass is 10.1. The molecule has 9 heteroatoms. The topological polar surface area (TPSA) is 77.5 Å². The van der Waals surface area contributed by atoms with E-state index in [1.54, 1.807) is 30.3 Å². The maximum atomic E-state index is 12.0. The number of hydrogen-bond acceptors (Lipinski definition) is 4. The van der Waals surface area contributed by atoms with Gasteiger partial charge in [-0.25, -0.2) is 0 Å². The predicted molar refractivity (Wildman–Crippen MR) is 87.2 cm³/mol. The van der Waals surface area contributed by atoms with Crippen LogP contribution in [0, 0.1) is 0 Å². The molecule has 0 aliphatic carbocycles. The highest BCUT2D eigenvalue weighted by Gasteiger charge is 2.27. The first-order valence-electron chi connectivity index (χ1n) is 7.15. The summed E-state index contributed by atoms with van der Waals surface area (Å²) in [6, 6.07) is 8.31. The van der Waals surface area contributed by atoms with Crippen molar-refractivity contribution in [2.75, 3.05) is 6.61 Å². The van der Waals surface area contributed by atoms with E-state index in [1.807, 2.05) is 0 Å². The molecule has 0 aliphatic rings. The van der Waals surface area contributed by atoms with Crippen LogP contribution in [0.4, 0.5) is 13.2 Å². The summed E-state index contributed by atoms with van der Waals surface area (Å²) in [6.07, 6.45) is -3.00. The lowest BCUT2D eigenvalue weighted by Gasteiger charge is -2.08. The van der Waals surface area contributed by atoms with E-state index in [2.05, 4.69) is 10.1 Å². The number of alkyl halides is 3. The zero-order chi connectivity index (χ0) is 17.6. The summed E-state index contributed by atoms with van der Waals surface area (Å²) >= 11 is 0. The van der Waals surface area contributed by atoms with Crippen molar-refractivity contribution >= 4 is 18.3 Å². The Morgan fingerprint density at radius 2 is 1.84 bits per heavy atom. The second kappa shape index (κ2) is 9.45. The maximum absolute atomic E-state index is 12.0. The van der Waals surface area contributed by atoms with Gasteiger partial charge in [-0.3, -0.25) is 4.79 Å². The molecule has 0 saturated heterocycles. The maximum Gasteiger partial charge on any atom is 0.411 e. The number of benzene rings is 1. The van der Waals surface area contributed by atoms with E-state index >= 15 is 0 Å². The van der Waals surface area contributed by atoms with Crippen molar-refractivity contribution < 1.29 is 27.1 Å². The molecule has 1 heterocycles. The molecule has 1 amide bonds. The fourth-order valence-corrected chi connectivity index (χ4v) is 1.93. The van der Waals surface area contributed by atoms with E-state index in [0.717, 1.165) is 5.56 Å². The normalized spacial score (nSPS) is 11.0. The van der Waals surface area contributed by atoms with E-state index in [1.165, 1.54) is 6.26 Å². The minimum absolute atomic E-state index is 0. The molecule has 0 unspecified atom stereocenters. The first-order chi connectivity index (χ1) is 11.4. The van der Waals surface area contributed by atoms with Crippen LogP contribution in [0.1, 0.15) is 27.2 Å². The van der Waals surface area contributed by atoms with Gasteiger partial charge in [-0.15, -0.1) is 12.4 Å². The van der Waals surface area contributed by atoms with Gasteiger partial charge in [0.1, 0.15) is 18.6 Å². The third-order valence-electron chi connectivity index (χ3n) is 3.13. The van der Waals surface area contributed by atoms with Gasteiger partial charge >= 0.3 is 6.18 Å². The van der Waals surface area contributed by atoms with Crippen molar-refractivity contribution in [1.82, 2.24) is 5.32 Å². The molecular formula is C16H18ClF3N2O3. The fraction of sp³-hybridized carbons (Fsp3) is 0.312. The predicted octanol–water partition coefficient (Wildman–Crippen LogP) is 3.17. The van der Waals surface area contributed by atoms with Crippen LogP contribution in [0.3, 0.4) is 0 Å². The smallest absolute Gasteiger partial charge is 0.411 e. The minimum atomic E-state index is -4.33. The van der Waals surface area contributed by atoms with Gasteiger partial charge in [-0.1, -0.05) is 24.3 Å². The summed E-state index contributed by atoms with van der Waals surface area (Å²) < 4.78 is 45.6. The molecule has 0 saturated carbocycles. The van der Waals surface area contributed by atoms with Gasteiger partial charge in [0.2, 0.25) is 0 Å². The van der Waals surface area contributed by atoms with Crippen molar-refractivity contribution in [2.24, 2.45) is 5.73 Å². The Bertz CT molecular complexity index is 672. The zero-order valence-corrected chi connectivity index (χ0v) is 14.0. The van der Waals surface area contributed by atoms with E-state index < -0.39 is 12.8 Å². The van der Waals surface area contributed by atoms with Gasteiger partial charge < -0.3 is 20.2 Å². The van der Waals surface area contributed by atoms with Crippen LogP contribution in [0.5, 0.6) is 0 Å². The van der Waals surface area contributed by atoms with Gasteiger partial charge in [-0.05, 0) is 17.2 Å². The number of furan rings is 1. The van der Waals surface area contributed by atoms with Crippen molar-refractivity contribution in [1.29, 1.82) is 0 Å². The minimum Gasteiger partial charge on any atom is -0.467 e. The average molecular weight is 379 g/mol. The third-order valence-corrected chi connectivity index (χ3v) is 3.13. The van der Waals surface area contributed by atoms with Gasteiger partial charge in [0.15, 0.2) is 0 Å². The first kappa shape index (κ1) is 21.0. The van der Waals surface area contributed by atoms with Crippen LogP contribution in [-0.2, 0) is 24.4 Å². The van der Waals surface area contributed by atoms with Crippen LogP contribution in [0.15, 0.2) is 41.0 Å². The summed E-state index contributed by atoms with van der Waals surface area (Å²) in [5.41, 5.74) is 7.22. The van der Waals surface area contributed by atoms with Crippen LogP contribution in [0.2, 0.25) is 0 Å². The molecule has 0 aliphatic heterocycles. The van der Waals surface area contributed by atoms with Crippen LogP contribution >= 0.6 is 12.4 Å². The molecule has 3 N–H and O–H groups in total. The number of rotatable bonds is 7. The lowest BCUT2D eigenvalue weighted by molar-refractivity contribution is -0.176. The van der Waals surface area contributed by atoms with Crippen molar-refractivity contribution in [2.45, 2.75) is 25.9 Å². The number of hydrogen-bond donors (Lipinski definition) is 2. The largest absolute Gasteiger partial charge is 0.467 e. The molecule has 0 radical (unpaired) electrons. The highest BCUT2D eigenvalue weighted by atomic mass is 35.5. The molecule has 0 fully saturated rings. The molecule has 138 valence electrons. The van der Waals surface area contributed by atoms with Crippen LogP contribution < -0.4 is 11.1 Å².